The lowest BCUT2D eigenvalue weighted by molar-refractivity contribution is 0.0116. The number of aliphatic hydroxyl groups is 3. The van der Waals surface area contributed by atoms with Crippen LogP contribution >= 0.6 is 11.8 Å². The summed E-state index contributed by atoms with van der Waals surface area (Å²) < 4.78 is 0. The average molecular weight is 457 g/mol. The van der Waals surface area contributed by atoms with Gasteiger partial charge in [-0.1, -0.05) is 67.8 Å². The Morgan fingerprint density at radius 1 is 0.938 bits per heavy atom. The molecular formula is C26H32O5S. The summed E-state index contributed by atoms with van der Waals surface area (Å²) in [7, 11) is 0. The number of carbonyl (C=O) groups excluding carboxylic acids is 2. The molecule has 1 saturated carbocycles. The van der Waals surface area contributed by atoms with Gasteiger partial charge in [0.25, 0.3) is 0 Å². The molecule has 0 aromatic heterocycles. The summed E-state index contributed by atoms with van der Waals surface area (Å²) in [5.74, 6) is -0.0138. The molecule has 1 aliphatic carbocycles. The van der Waals surface area contributed by atoms with E-state index in [0.29, 0.717) is 29.7 Å². The van der Waals surface area contributed by atoms with Crippen LogP contribution in [-0.2, 0) is 0 Å². The van der Waals surface area contributed by atoms with Crippen LogP contribution in [0.5, 0.6) is 0 Å². The molecule has 1 aliphatic rings. The van der Waals surface area contributed by atoms with E-state index in [1.165, 1.54) is 13.8 Å². The second-order valence-corrected chi connectivity index (χ2v) is 10.2. The van der Waals surface area contributed by atoms with Gasteiger partial charge in [-0.15, -0.1) is 11.8 Å². The van der Waals surface area contributed by atoms with Crippen LogP contribution in [0.2, 0.25) is 0 Å². The maximum absolute atomic E-state index is 12.9. The second-order valence-electron chi connectivity index (χ2n) is 9.03. The topological polar surface area (TPSA) is 94.8 Å². The first kappa shape index (κ1) is 24.6. The van der Waals surface area contributed by atoms with E-state index in [1.807, 2.05) is 24.3 Å². The highest BCUT2D eigenvalue weighted by molar-refractivity contribution is 7.99. The van der Waals surface area contributed by atoms with Crippen LogP contribution in [-0.4, -0.2) is 50.4 Å². The van der Waals surface area contributed by atoms with Gasteiger partial charge in [0.2, 0.25) is 0 Å². The van der Waals surface area contributed by atoms with Gasteiger partial charge >= 0.3 is 0 Å². The summed E-state index contributed by atoms with van der Waals surface area (Å²) in [4.78, 5) is 25.2. The van der Waals surface area contributed by atoms with Crippen LogP contribution in [0.15, 0.2) is 48.5 Å². The van der Waals surface area contributed by atoms with Gasteiger partial charge in [0.1, 0.15) is 11.2 Å². The van der Waals surface area contributed by atoms with E-state index in [-0.39, 0.29) is 23.4 Å². The van der Waals surface area contributed by atoms with E-state index in [2.05, 4.69) is 0 Å². The molecule has 0 bridgehead atoms. The smallest absolute Gasteiger partial charge is 0.194 e. The Morgan fingerprint density at radius 2 is 1.44 bits per heavy atom. The Kier molecular flexibility index (Phi) is 7.93. The van der Waals surface area contributed by atoms with Crippen LogP contribution in [0.4, 0.5) is 0 Å². The number of carbonyl (C=O) groups is 2. The summed E-state index contributed by atoms with van der Waals surface area (Å²) in [5.41, 5.74) is 0.187. The number of hydrogen-bond donors (Lipinski definition) is 3. The number of rotatable bonds is 9. The second kappa shape index (κ2) is 10.3. The van der Waals surface area contributed by atoms with E-state index in [1.54, 1.807) is 36.0 Å². The lowest BCUT2D eigenvalue weighted by Gasteiger charge is -2.30. The molecular weight excluding hydrogens is 424 g/mol. The predicted molar refractivity (Wildman–Crippen MR) is 127 cm³/mol. The minimum absolute atomic E-state index is 0.0417. The zero-order chi connectivity index (χ0) is 23.4. The molecule has 1 fully saturated rings. The number of aliphatic hydroxyl groups excluding tert-OH is 1. The molecule has 0 aliphatic heterocycles. The summed E-state index contributed by atoms with van der Waals surface area (Å²) >= 11 is 1.57. The maximum atomic E-state index is 12.9. The zero-order valence-electron chi connectivity index (χ0n) is 18.7. The van der Waals surface area contributed by atoms with Crippen molar-refractivity contribution in [1.29, 1.82) is 0 Å². The van der Waals surface area contributed by atoms with Crippen LogP contribution in [0.1, 0.15) is 83.0 Å². The van der Waals surface area contributed by atoms with E-state index < -0.39 is 11.2 Å². The molecule has 32 heavy (non-hydrogen) atoms. The lowest BCUT2D eigenvalue weighted by atomic mass is 9.79. The third-order valence-corrected chi connectivity index (χ3v) is 7.28. The Bertz CT molecular complexity index is 922. The van der Waals surface area contributed by atoms with Crippen LogP contribution in [0, 0.1) is 0 Å². The molecule has 2 aromatic carbocycles. The van der Waals surface area contributed by atoms with Gasteiger partial charge in [-0.2, -0.15) is 0 Å². The first-order valence-corrected chi connectivity index (χ1v) is 12.2. The van der Waals surface area contributed by atoms with E-state index >= 15 is 0 Å². The van der Waals surface area contributed by atoms with Crippen LogP contribution < -0.4 is 0 Å². The van der Waals surface area contributed by atoms with Crippen molar-refractivity contribution < 1.29 is 24.9 Å². The van der Waals surface area contributed by atoms with Crippen molar-refractivity contribution in [3.05, 3.63) is 70.8 Å². The van der Waals surface area contributed by atoms with Crippen molar-refractivity contribution in [2.45, 2.75) is 62.4 Å². The lowest BCUT2D eigenvalue weighted by Crippen LogP contribution is -2.40. The molecule has 3 rings (SSSR count). The average Bonchev–Trinajstić information content (AvgIpc) is 2.79. The molecule has 0 radical (unpaired) electrons. The van der Waals surface area contributed by atoms with Gasteiger partial charge in [-0.05, 0) is 37.8 Å². The minimum Gasteiger partial charge on any atom is -0.396 e. The standard InChI is InChI=1S/C26H32O5S/c1-25(2,30)23(28)20-10-6-18(7-11-20)22(32-17-16-27)19-8-12-21(13-9-19)24(29)26(31)14-4-3-5-15-26/h6-13,22,27,30-31H,3-5,14-17H2,1-2H3. The highest BCUT2D eigenvalue weighted by atomic mass is 32.2. The quantitative estimate of drug-likeness (QED) is 0.486. The Labute approximate surface area is 193 Å². The summed E-state index contributed by atoms with van der Waals surface area (Å²) in [6, 6.07) is 14.5. The molecule has 172 valence electrons. The first-order valence-electron chi connectivity index (χ1n) is 11.1. The van der Waals surface area contributed by atoms with Crippen molar-refractivity contribution in [3.8, 4) is 0 Å². The van der Waals surface area contributed by atoms with Crippen LogP contribution in [0.25, 0.3) is 0 Å². The first-order chi connectivity index (χ1) is 15.2. The number of Topliss-reactive ketones (excluding diaryl/α,β-unsaturated/α-hetero) is 2. The fraction of sp³-hybridized carbons (Fsp3) is 0.462. The van der Waals surface area contributed by atoms with Gasteiger partial charge in [-0.25, -0.2) is 0 Å². The number of ketones is 2. The maximum Gasteiger partial charge on any atom is 0.194 e. The third kappa shape index (κ3) is 5.67. The monoisotopic (exact) mass is 456 g/mol. The molecule has 3 N–H and O–H groups in total. The highest BCUT2D eigenvalue weighted by Gasteiger charge is 2.37. The van der Waals surface area contributed by atoms with Crippen molar-refractivity contribution in [2.75, 3.05) is 12.4 Å². The van der Waals surface area contributed by atoms with Gasteiger partial charge in [0, 0.05) is 16.9 Å². The normalized spacial score (nSPS) is 17.0. The largest absolute Gasteiger partial charge is 0.396 e. The van der Waals surface area contributed by atoms with Crippen molar-refractivity contribution in [2.24, 2.45) is 0 Å². The number of benzene rings is 2. The fourth-order valence-corrected chi connectivity index (χ4v) is 5.20. The molecule has 0 spiro atoms. The molecule has 2 aromatic rings. The molecule has 5 nitrogen and oxygen atoms in total. The molecule has 0 saturated heterocycles. The van der Waals surface area contributed by atoms with Crippen molar-refractivity contribution in [1.82, 2.24) is 0 Å². The molecule has 0 amide bonds. The van der Waals surface area contributed by atoms with Gasteiger partial charge in [0.05, 0.1) is 11.9 Å². The predicted octanol–water partition coefficient (Wildman–Crippen LogP) is 4.33. The third-order valence-electron chi connectivity index (χ3n) is 5.99. The fourth-order valence-electron chi connectivity index (χ4n) is 4.16. The SMILES string of the molecule is CC(C)(O)C(=O)c1ccc(C(SCCO)c2ccc(C(=O)C3(O)CCCCC3)cc2)cc1. The van der Waals surface area contributed by atoms with Gasteiger partial charge in [-0.3, -0.25) is 9.59 Å². The molecule has 1 atom stereocenters. The molecule has 0 heterocycles. The summed E-state index contributed by atoms with van der Waals surface area (Å²) in [5, 5.41) is 30.0. The summed E-state index contributed by atoms with van der Waals surface area (Å²) in [6.07, 6.45) is 3.81. The number of hydrogen-bond acceptors (Lipinski definition) is 6. The van der Waals surface area contributed by atoms with Crippen molar-refractivity contribution in [3.63, 3.8) is 0 Å². The Hall–Kier alpha value is -1.99. The van der Waals surface area contributed by atoms with E-state index in [9.17, 15) is 24.9 Å². The van der Waals surface area contributed by atoms with Crippen LogP contribution in [0.3, 0.4) is 0 Å². The van der Waals surface area contributed by atoms with E-state index in [4.69, 9.17) is 0 Å². The Balaban J connectivity index is 1.83. The Morgan fingerprint density at radius 3 is 1.91 bits per heavy atom. The molecule has 1 unspecified atom stereocenters. The van der Waals surface area contributed by atoms with Gasteiger partial charge in [0.15, 0.2) is 11.6 Å². The highest BCUT2D eigenvalue weighted by Crippen LogP contribution is 2.37. The number of thioether (sulfide) groups is 1. The van der Waals surface area contributed by atoms with Crippen molar-refractivity contribution >= 4 is 23.3 Å². The summed E-state index contributed by atoms with van der Waals surface area (Å²) in [6.45, 7) is 2.98. The molecule has 6 heteroatoms. The minimum atomic E-state index is -1.43. The van der Waals surface area contributed by atoms with Gasteiger partial charge < -0.3 is 15.3 Å². The zero-order valence-corrected chi connectivity index (χ0v) is 19.5. The van der Waals surface area contributed by atoms with E-state index in [0.717, 1.165) is 30.4 Å².